The maximum Gasteiger partial charge on any atom is 0.329 e. The highest BCUT2D eigenvalue weighted by molar-refractivity contribution is 6.14. The fraction of sp³-hybridized carbons (Fsp3) is 0.429. The van der Waals surface area contributed by atoms with Crippen molar-refractivity contribution in [2.24, 2.45) is 0 Å². The molecule has 2 aromatic rings. The molecule has 1 aliphatic heterocycles. The SMILES string of the molecule is CCOC(=O)C1(C(=O)OCC)CCC(=O)n2c1c(C=O)c1cc(CC)ccc12. The van der Waals surface area contributed by atoms with Crippen molar-refractivity contribution in [3.05, 3.63) is 35.0 Å². The number of aromatic nitrogens is 1. The van der Waals surface area contributed by atoms with E-state index >= 15 is 0 Å². The molecule has 0 unspecified atom stereocenters. The molecule has 0 fully saturated rings. The lowest BCUT2D eigenvalue weighted by Crippen LogP contribution is -2.51. The lowest BCUT2D eigenvalue weighted by molar-refractivity contribution is -0.165. The van der Waals surface area contributed by atoms with Gasteiger partial charge in [-0.25, -0.2) is 0 Å². The van der Waals surface area contributed by atoms with Gasteiger partial charge in [-0.1, -0.05) is 13.0 Å². The molecule has 1 aromatic heterocycles. The second kappa shape index (κ2) is 7.58. The van der Waals surface area contributed by atoms with Gasteiger partial charge in [0.15, 0.2) is 6.29 Å². The summed E-state index contributed by atoms with van der Waals surface area (Å²) in [5, 5.41) is 0.539. The fourth-order valence-corrected chi connectivity index (χ4v) is 3.90. The van der Waals surface area contributed by atoms with Crippen LogP contribution in [0.1, 0.15) is 60.0 Å². The monoisotopic (exact) mass is 385 g/mol. The minimum Gasteiger partial charge on any atom is -0.465 e. The van der Waals surface area contributed by atoms with Crippen molar-refractivity contribution in [2.75, 3.05) is 13.2 Å². The Balaban J connectivity index is 2.43. The average Bonchev–Trinajstić information content (AvgIpc) is 3.03. The number of carbonyl (C=O) groups excluding carboxylic acids is 4. The Morgan fingerprint density at radius 2 is 1.79 bits per heavy atom. The molecule has 0 radical (unpaired) electrons. The predicted molar refractivity (Wildman–Crippen MR) is 102 cm³/mol. The quantitative estimate of drug-likeness (QED) is 0.431. The number of nitrogens with zero attached hydrogens (tertiary/aromatic N) is 1. The normalized spacial score (nSPS) is 15.2. The van der Waals surface area contributed by atoms with E-state index in [1.807, 2.05) is 19.1 Å². The van der Waals surface area contributed by atoms with E-state index in [0.29, 0.717) is 17.2 Å². The Morgan fingerprint density at radius 3 is 2.32 bits per heavy atom. The minimum absolute atomic E-state index is 0.0394. The molecule has 0 spiro atoms. The molecule has 0 aliphatic carbocycles. The highest BCUT2D eigenvalue weighted by Gasteiger charge is 2.57. The largest absolute Gasteiger partial charge is 0.465 e. The van der Waals surface area contributed by atoms with Gasteiger partial charge in [-0.15, -0.1) is 0 Å². The second-order valence-electron chi connectivity index (χ2n) is 6.66. The predicted octanol–water partition coefficient (Wildman–Crippen LogP) is 2.81. The molecule has 0 bridgehead atoms. The van der Waals surface area contributed by atoms with Crippen molar-refractivity contribution in [2.45, 2.75) is 45.4 Å². The number of esters is 2. The van der Waals surface area contributed by atoms with Gasteiger partial charge in [-0.05, 0) is 44.4 Å². The fourth-order valence-electron chi connectivity index (χ4n) is 3.90. The molecule has 0 amide bonds. The molecule has 0 N–H and O–H groups in total. The Kier molecular flexibility index (Phi) is 5.36. The van der Waals surface area contributed by atoms with Crippen molar-refractivity contribution in [3.63, 3.8) is 0 Å². The van der Waals surface area contributed by atoms with E-state index in [-0.39, 0.29) is 43.2 Å². The molecule has 28 heavy (non-hydrogen) atoms. The number of benzene rings is 1. The van der Waals surface area contributed by atoms with Crippen LogP contribution in [0.2, 0.25) is 0 Å². The topological polar surface area (TPSA) is 91.7 Å². The van der Waals surface area contributed by atoms with E-state index in [4.69, 9.17) is 9.47 Å². The third-order valence-corrected chi connectivity index (χ3v) is 5.21. The van der Waals surface area contributed by atoms with Gasteiger partial charge in [0.1, 0.15) is 0 Å². The van der Waals surface area contributed by atoms with Crippen molar-refractivity contribution in [3.8, 4) is 0 Å². The van der Waals surface area contributed by atoms with Crippen LogP contribution in [0.4, 0.5) is 0 Å². The molecule has 1 aliphatic rings. The van der Waals surface area contributed by atoms with E-state index in [9.17, 15) is 19.2 Å². The summed E-state index contributed by atoms with van der Waals surface area (Å²) in [5.41, 5.74) is -0.166. The zero-order chi connectivity index (χ0) is 20.5. The first-order valence-electron chi connectivity index (χ1n) is 9.46. The minimum atomic E-state index is -1.85. The van der Waals surface area contributed by atoms with Crippen LogP contribution in [-0.2, 0) is 30.9 Å². The third kappa shape index (κ3) is 2.73. The number of hydrogen-bond acceptors (Lipinski definition) is 6. The molecule has 7 heteroatoms. The number of ether oxygens (including phenoxy) is 2. The summed E-state index contributed by atoms with van der Waals surface area (Å²) >= 11 is 0. The molecule has 3 rings (SSSR count). The van der Waals surface area contributed by atoms with Gasteiger partial charge in [0.05, 0.1) is 24.4 Å². The van der Waals surface area contributed by atoms with Gasteiger partial charge in [0, 0.05) is 17.4 Å². The van der Waals surface area contributed by atoms with Crippen LogP contribution in [0.3, 0.4) is 0 Å². The average molecular weight is 385 g/mol. The van der Waals surface area contributed by atoms with Gasteiger partial charge >= 0.3 is 11.9 Å². The number of aryl methyl sites for hydroxylation is 1. The van der Waals surface area contributed by atoms with Crippen LogP contribution in [0.5, 0.6) is 0 Å². The smallest absolute Gasteiger partial charge is 0.329 e. The lowest BCUT2D eigenvalue weighted by atomic mass is 9.76. The molecule has 7 nitrogen and oxygen atoms in total. The summed E-state index contributed by atoms with van der Waals surface area (Å²) in [4.78, 5) is 50.9. The maximum absolute atomic E-state index is 13.0. The van der Waals surface area contributed by atoms with E-state index in [0.717, 1.165) is 12.0 Å². The molecule has 2 heterocycles. The molecule has 1 aromatic carbocycles. The standard InChI is InChI=1S/C21H23NO6/c1-4-13-7-8-16-14(11-13)15(12-23)18-21(19(25)27-5-2,20(26)28-6-3)10-9-17(24)22(16)18/h7-8,11-12H,4-6,9-10H2,1-3H3. The van der Waals surface area contributed by atoms with Crippen LogP contribution in [0.15, 0.2) is 18.2 Å². The summed E-state index contributed by atoms with van der Waals surface area (Å²) < 4.78 is 11.7. The van der Waals surface area contributed by atoms with Gasteiger partial charge in [0.25, 0.3) is 0 Å². The van der Waals surface area contributed by atoms with Crippen LogP contribution < -0.4 is 0 Å². The van der Waals surface area contributed by atoms with Crippen LogP contribution in [0, 0.1) is 0 Å². The zero-order valence-corrected chi connectivity index (χ0v) is 16.2. The summed E-state index contributed by atoms with van der Waals surface area (Å²) in [6.45, 7) is 5.36. The highest BCUT2D eigenvalue weighted by atomic mass is 16.6. The van der Waals surface area contributed by atoms with E-state index in [2.05, 4.69) is 0 Å². The molecular weight excluding hydrogens is 362 g/mol. The summed E-state index contributed by atoms with van der Waals surface area (Å²) in [6.07, 6.45) is 1.20. The first-order chi connectivity index (χ1) is 13.5. The van der Waals surface area contributed by atoms with Gasteiger partial charge < -0.3 is 9.47 Å². The van der Waals surface area contributed by atoms with Crippen LogP contribution >= 0.6 is 0 Å². The molecular formula is C21H23NO6. The van der Waals surface area contributed by atoms with E-state index < -0.39 is 17.4 Å². The Hall–Kier alpha value is -2.96. The van der Waals surface area contributed by atoms with E-state index in [1.165, 1.54) is 4.57 Å². The first kappa shape index (κ1) is 19.8. The summed E-state index contributed by atoms with van der Waals surface area (Å²) in [5.74, 6) is -1.88. The molecule has 0 saturated carbocycles. The van der Waals surface area contributed by atoms with Gasteiger partial charge in [-0.3, -0.25) is 23.7 Å². The second-order valence-corrected chi connectivity index (χ2v) is 6.66. The third-order valence-electron chi connectivity index (χ3n) is 5.21. The number of hydrogen-bond donors (Lipinski definition) is 0. The van der Waals surface area contributed by atoms with E-state index in [1.54, 1.807) is 19.9 Å². The van der Waals surface area contributed by atoms with Crippen LogP contribution in [0.25, 0.3) is 10.9 Å². The Bertz CT molecular complexity index is 953. The number of carbonyl (C=O) groups is 4. The lowest BCUT2D eigenvalue weighted by Gasteiger charge is -2.33. The summed E-state index contributed by atoms with van der Waals surface area (Å²) in [7, 11) is 0. The molecule has 0 atom stereocenters. The number of aldehydes is 1. The molecule has 0 saturated heterocycles. The Morgan fingerprint density at radius 1 is 1.14 bits per heavy atom. The van der Waals surface area contributed by atoms with Gasteiger partial charge in [-0.2, -0.15) is 0 Å². The van der Waals surface area contributed by atoms with Gasteiger partial charge in [0.2, 0.25) is 11.3 Å². The van der Waals surface area contributed by atoms with Crippen molar-refractivity contribution in [1.29, 1.82) is 0 Å². The van der Waals surface area contributed by atoms with Crippen molar-refractivity contribution < 1.29 is 28.7 Å². The molecule has 148 valence electrons. The van der Waals surface area contributed by atoms with Crippen LogP contribution in [-0.4, -0.2) is 41.9 Å². The maximum atomic E-state index is 13.0. The number of fused-ring (bicyclic) bond motifs is 3. The number of rotatable bonds is 6. The first-order valence-corrected chi connectivity index (χ1v) is 9.46. The highest BCUT2D eigenvalue weighted by Crippen LogP contribution is 2.43. The zero-order valence-electron chi connectivity index (χ0n) is 16.2. The Labute approximate surface area is 162 Å². The summed E-state index contributed by atoms with van der Waals surface area (Å²) in [6, 6.07) is 5.43. The van der Waals surface area contributed by atoms with Crippen molar-refractivity contribution >= 4 is 35.0 Å². The van der Waals surface area contributed by atoms with Crippen molar-refractivity contribution in [1.82, 2.24) is 4.57 Å².